The van der Waals surface area contributed by atoms with Gasteiger partial charge in [-0.3, -0.25) is 9.97 Å². The van der Waals surface area contributed by atoms with Crippen LogP contribution in [0.25, 0.3) is 0 Å². The number of hydrogen-bond donors (Lipinski definition) is 3. The highest BCUT2D eigenvalue weighted by Crippen LogP contribution is 2.27. The van der Waals surface area contributed by atoms with Gasteiger partial charge in [-0.25, -0.2) is 0 Å². The molecule has 0 bridgehead atoms. The van der Waals surface area contributed by atoms with Gasteiger partial charge in [0, 0.05) is 44.2 Å². The number of hydrogen-bond acceptors (Lipinski definition) is 6. The van der Waals surface area contributed by atoms with Crippen molar-refractivity contribution in [3.63, 3.8) is 0 Å². The van der Waals surface area contributed by atoms with Gasteiger partial charge in [0.2, 0.25) is 0 Å². The van der Waals surface area contributed by atoms with Crippen LogP contribution in [0.5, 0.6) is 5.75 Å². The van der Waals surface area contributed by atoms with Crippen LogP contribution in [-0.4, -0.2) is 34.3 Å². The van der Waals surface area contributed by atoms with Crippen molar-refractivity contribution >= 4 is 11.4 Å². The van der Waals surface area contributed by atoms with Gasteiger partial charge < -0.3 is 20.4 Å². The Morgan fingerprint density at radius 2 is 2.05 bits per heavy atom. The van der Waals surface area contributed by atoms with E-state index < -0.39 is 0 Å². The number of rotatable bonds is 5. The second-order valence-corrected chi connectivity index (χ2v) is 4.99. The van der Waals surface area contributed by atoms with Crippen molar-refractivity contribution in [2.24, 2.45) is 0 Å². The van der Waals surface area contributed by atoms with E-state index in [4.69, 9.17) is 0 Å². The largest absolute Gasteiger partial charge is 0.506 e. The molecular weight excluding hydrogens is 268 g/mol. The predicted octanol–water partition coefficient (Wildman–Crippen LogP) is 1.66. The third-order valence-corrected chi connectivity index (χ3v) is 3.34. The normalized spacial score (nSPS) is 10.5. The van der Waals surface area contributed by atoms with E-state index in [9.17, 15) is 10.2 Å². The molecule has 6 heteroatoms. The number of aromatic nitrogens is 2. The maximum absolute atomic E-state index is 10.1. The molecule has 0 aliphatic rings. The summed E-state index contributed by atoms with van der Waals surface area (Å²) in [6.45, 7) is 1.96. The number of nitrogens with zero attached hydrogens (tertiary/aromatic N) is 3. The highest BCUT2D eigenvalue weighted by Gasteiger charge is 2.12. The van der Waals surface area contributed by atoms with E-state index in [1.807, 2.05) is 25.1 Å². The van der Waals surface area contributed by atoms with Gasteiger partial charge in [-0.05, 0) is 13.0 Å². The summed E-state index contributed by atoms with van der Waals surface area (Å²) in [5.41, 5.74) is 3.67. The van der Waals surface area contributed by atoms with Crippen LogP contribution >= 0.6 is 0 Å². The summed E-state index contributed by atoms with van der Waals surface area (Å²) in [7, 11) is 3.90. The molecule has 0 saturated carbocycles. The number of anilines is 2. The molecule has 3 N–H and O–H groups in total. The van der Waals surface area contributed by atoms with Gasteiger partial charge in [0.1, 0.15) is 5.75 Å². The number of aliphatic hydroxyl groups is 1. The lowest BCUT2D eigenvalue weighted by molar-refractivity contribution is 0.279. The molecule has 0 aromatic carbocycles. The van der Waals surface area contributed by atoms with Crippen molar-refractivity contribution in [1.29, 1.82) is 0 Å². The first-order valence-electron chi connectivity index (χ1n) is 6.67. The molecule has 0 saturated heterocycles. The zero-order valence-electron chi connectivity index (χ0n) is 12.5. The highest BCUT2D eigenvalue weighted by molar-refractivity contribution is 5.68. The zero-order valence-corrected chi connectivity index (χ0v) is 12.5. The Morgan fingerprint density at radius 1 is 1.29 bits per heavy atom. The second kappa shape index (κ2) is 6.41. The quantitative estimate of drug-likeness (QED) is 0.776. The number of aryl methyl sites for hydroxylation is 1. The minimum Gasteiger partial charge on any atom is -0.506 e. The molecule has 112 valence electrons. The number of nitrogens with one attached hydrogen (secondary N) is 1. The molecule has 0 radical (unpaired) electrons. The average molecular weight is 288 g/mol. The zero-order chi connectivity index (χ0) is 15.4. The first-order chi connectivity index (χ1) is 10.0. The first-order valence-corrected chi connectivity index (χ1v) is 6.67. The molecule has 0 aliphatic carbocycles. The third-order valence-electron chi connectivity index (χ3n) is 3.34. The average Bonchev–Trinajstić information content (AvgIpc) is 2.49. The highest BCUT2D eigenvalue weighted by atomic mass is 16.3. The van der Waals surface area contributed by atoms with E-state index in [0.29, 0.717) is 23.4 Å². The minimum absolute atomic E-state index is 0.115. The van der Waals surface area contributed by atoms with Gasteiger partial charge >= 0.3 is 0 Å². The molecular formula is C15H20N4O2. The lowest BCUT2D eigenvalue weighted by atomic mass is 10.1. The van der Waals surface area contributed by atoms with Crippen molar-refractivity contribution < 1.29 is 10.2 Å². The maximum atomic E-state index is 10.1. The molecule has 0 aliphatic heterocycles. The summed E-state index contributed by atoms with van der Waals surface area (Å²) in [5, 5.41) is 22.8. The first kappa shape index (κ1) is 15.1. The summed E-state index contributed by atoms with van der Waals surface area (Å²) in [6, 6.07) is 1.91. The molecule has 0 unspecified atom stereocenters. The lowest BCUT2D eigenvalue weighted by Crippen LogP contribution is -2.13. The van der Waals surface area contributed by atoms with Crippen LogP contribution in [0.2, 0.25) is 0 Å². The second-order valence-electron chi connectivity index (χ2n) is 4.99. The lowest BCUT2D eigenvalue weighted by Gasteiger charge is -2.19. The fourth-order valence-electron chi connectivity index (χ4n) is 2.11. The Labute approximate surface area is 124 Å². The van der Waals surface area contributed by atoms with E-state index in [2.05, 4.69) is 15.3 Å². The Morgan fingerprint density at radius 3 is 2.71 bits per heavy atom. The molecule has 2 heterocycles. The summed E-state index contributed by atoms with van der Waals surface area (Å²) in [5.74, 6) is 0.115. The van der Waals surface area contributed by atoms with Gasteiger partial charge in [0.15, 0.2) is 0 Å². The number of pyridine rings is 2. The van der Waals surface area contributed by atoms with Crippen molar-refractivity contribution in [1.82, 2.24) is 9.97 Å². The maximum Gasteiger partial charge on any atom is 0.142 e. The van der Waals surface area contributed by atoms with Gasteiger partial charge in [0.25, 0.3) is 0 Å². The van der Waals surface area contributed by atoms with Crippen LogP contribution in [0.3, 0.4) is 0 Å². The molecule has 6 nitrogen and oxygen atoms in total. The van der Waals surface area contributed by atoms with Gasteiger partial charge in [-0.1, -0.05) is 0 Å². The van der Waals surface area contributed by atoms with Gasteiger partial charge in [-0.15, -0.1) is 0 Å². The van der Waals surface area contributed by atoms with E-state index >= 15 is 0 Å². The summed E-state index contributed by atoms with van der Waals surface area (Å²) in [4.78, 5) is 10.1. The van der Waals surface area contributed by atoms with E-state index in [1.165, 1.54) is 0 Å². The van der Waals surface area contributed by atoms with Crippen LogP contribution in [-0.2, 0) is 13.2 Å². The summed E-state index contributed by atoms with van der Waals surface area (Å²) in [6.07, 6.45) is 5.05. The molecule has 0 spiro atoms. The van der Waals surface area contributed by atoms with Crippen molar-refractivity contribution in [3.05, 3.63) is 41.5 Å². The topological polar surface area (TPSA) is 81.5 Å². The number of aromatic hydroxyl groups is 1. The molecule has 2 aromatic rings. The molecule has 0 amide bonds. The van der Waals surface area contributed by atoms with Gasteiger partial charge in [-0.2, -0.15) is 0 Å². The van der Waals surface area contributed by atoms with Crippen LogP contribution in [0.15, 0.2) is 24.7 Å². The van der Waals surface area contributed by atoms with Gasteiger partial charge in [0.05, 0.1) is 29.9 Å². The third kappa shape index (κ3) is 3.22. The van der Waals surface area contributed by atoms with E-state index in [0.717, 1.165) is 11.4 Å². The van der Waals surface area contributed by atoms with E-state index in [-0.39, 0.29) is 12.4 Å². The predicted molar refractivity (Wildman–Crippen MR) is 82.5 cm³/mol. The summed E-state index contributed by atoms with van der Waals surface area (Å²) < 4.78 is 0. The monoisotopic (exact) mass is 288 g/mol. The summed E-state index contributed by atoms with van der Waals surface area (Å²) >= 11 is 0. The molecule has 2 aromatic heterocycles. The van der Waals surface area contributed by atoms with Crippen molar-refractivity contribution in [3.8, 4) is 5.75 Å². The number of aliphatic hydroxyl groups excluding tert-OH is 1. The van der Waals surface area contributed by atoms with Crippen LogP contribution in [0.4, 0.5) is 11.4 Å². The molecule has 21 heavy (non-hydrogen) atoms. The molecule has 2 rings (SSSR count). The minimum atomic E-state index is -0.161. The Bertz CT molecular complexity index is 629. The Kier molecular flexibility index (Phi) is 4.59. The SMILES string of the molecule is Cc1ncc(CO)c(CNc2cnccc2N(C)C)c1O. The smallest absolute Gasteiger partial charge is 0.142 e. The fourth-order valence-corrected chi connectivity index (χ4v) is 2.11. The van der Waals surface area contributed by atoms with Crippen molar-refractivity contribution in [2.75, 3.05) is 24.3 Å². The fraction of sp³-hybridized carbons (Fsp3) is 0.333. The van der Waals surface area contributed by atoms with Crippen LogP contribution in [0, 0.1) is 6.92 Å². The van der Waals surface area contributed by atoms with Crippen LogP contribution in [0.1, 0.15) is 16.8 Å². The molecule has 0 fully saturated rings. The standard InChI is InChI=1S/C15H20N4O2/c1-10-15(21)12(11(9-20)6-17-10)7-18-13-8-16-5-4-14(13)19(2)3/h4-6,8,18,20-21H,7,9H2,1-3H3. The van der Waals surface area contributed by atoms with E-state index in [1.54, 1.807) is 25.5 Å². The van der Waals surface area contributed by atoms with Crippen molar-refractivity contribution in [2.45, 2.75) is 20.1 Å². The van der Waals surface area contributed by atoms with Crippen LogP contribution < -0.4 is 10.2 Å². The molecule has 0 atom stereocenters. The Balaban J connectivity index is 2.27. The Hall–Kier alpha value is -2.34.